The summed E-state index contributed by atoms with van der Waals surface area (Å²) in [6, 6.07) is 3.76. The molecule has 0 N–H and O–H groups in total. The molecule has 2 rings (SSSR count). The van der Waals surface area contributed by atoms with Crippen molar-refractivity contribution in [1.82, 2.24) is 4.90 Å². The first kappa shape index (κ1) is 13.2. The Morgan fingerprint density at radius 1 is 0.947 bits per heavy atom. The number of piperazine rings is 1. The molecule has 19 heavy (non-hydrogen) atoms. The average Bonchev–Trinajstić information content (AvgIpc) is 2.39. The molecule has 1 fully saturated rings. The molecule has 1 heterocycles. The SMILES string of the molecule is CN1CCN(c2cc([N+](=O)[O-])cc([N+](=O)[O-])c2)CC1. The van der Waals surface area contributed by atoms with Gasteiger partial charge in [0, 0.05) is 38.3 Å². The number of rotatable bonds is 3. The van der Waals surface area contributed by atoms with Crippen molar-refractivity contribution in [1.29, 1.82) is 0 Å². The molecular formula is C11H14N4O4. The van der Waals surface area contributed by atoms with Crippen LogP contribution >= 0.6 is 0 Å². The Morgan fingerprint density at radius 2 is 1.42 bits per heavy atom. The van der Waals surface area contributed by atoms with Crippen LogP contribution in [0.15, 0.2) is 18.2 Å². The normalized spacial score (nSPS) is 16.4. The lowest BCUT2D eigenvalue weighted by atomic mass is 10.2. The summed E-state index contributed by atoms with van der Waals surface area (Å²) in [4.78, 5) is 24.5. The summed E-state index contributed by atoms with van der Waals surface area (Å²) in [6.07, 6.45) is 0. The summed E-state index contributed by atoms with van der Waals surface area (Å²) in [6.45, 7) is 3.07. The first-order chi connectivity index (χ1) is 8.97. The van der Waals surface area contributed by atoms with Gasteiger partial charge in [-0.2, -0.15) is 0 Å². The van der Waals surface area contributed by atoms with E-state index in [2.05, 4.69) is 4.90 Å². The lowest BCUT2D eigenvalue weighted by Crippen LogP contribution is -2.44. The molecular weight excluding hydrogens is 252 g/mol. The van der Waals surface area contributed by atoms with E-state index in [1.165, 1.54) is 12.1 Å². The Labute approximate surface area is 109 Å². The van der Waals surface area contributed by atoms with E-state index in [-0.39, 0.29) is 11.4 Å². The monoisotopic (exact) mass is 266 g/mol. The molecule has 1 aromatic carbocycles. The predicted molar refractivity (Wildman–Crippen MR) is 69.5 cm³/mol. The second-order valence-corrected chi connectivity index (χ2v) is 4.51. The molecule has 0 aromatic heterocycles. The minimum absolute atomic E-state index is 0.247. The number of nitro groups is 2. The minimum atomic E-state index is -0.605. The molecule has 1 aromatic rings. The highest BCUT2D eigenvalue weighted by Gasteiger charge is 2.21. The minimum Gasteiger partial charge on any atom is -0.369 e. The second kappa shape index (κ2) is 5.19. The van der Waals surface area contributed by atoms with Crippen molar-refractivity contribution in [3.05, 3.63) is 38.4 Å². The Morgan fingerprint density at radius 3 is 1.84 bits per heavy atom. The second-order valence-electron chi connectivity index (χ2n) is 4.51. The van der Waals surface area contributed by atoms with E-state index < -0.39 is 9.85 Å². The number of non-ortho nitro benzene ring substituents is 2. The molecule has 1 aliphatic heterocycles. The van der Waals surface area contributed by atoms with Crippen LogP contribution in [0.25, 0.3) is 0 Å². The highest BCUT2D eigenvalue weighted by molar-refractivity contribution is 5.60. The van der Waals surface area contributed by atoms with Gasteiger partial charge in [-0.1, -0.05) is 0 Å². The third-order valence-electron chi connectivity index (χ3n) is 3.18. The molecule has 0 bridgehead atoms. The highest BCUT2D eigenvalue weighted by Crippen LogP contribution is 2.28. The predicted octanol–water partition coefficient (Wildman–Crippen LogP) is 1.25. The van der Waals surface area contributed by atoms with Crippen LogP contribution in [0.5, 0.6) is 0 Å². The molecule has 1 saturated heterocycles. The Hall–Kier alpha value is -2.22. The molecule has 0 amide bonds. The van der Waals surface area contributed by atoms with Crippen LogP contribution in [0, 0.1) is 20.2 Å². The van der Waals surface area contributed by atoms with Crippen molar-refractivity contribution in [2.24, 2.45) is 0 Å². The summed E-state index contributed by atoms with van der Waals surface area (Å²) >= 11 is 0. The maximum absolute atomic E-state index is 10.8. The van der Waals surface area contributed by atoms with Gasteiger partial charge in [-0.3, -0.25) is 20.2 Å². The first-order valence-corrected chi connectivity index (χ1v) is 5.85. The van der Waals surface area contributed by atoms with Crippen molar-refractivity contribution in [3.63, 3.8) is 0 Å². The number of likely N-dealkylation sites (N-methyl/N-ethyl adjacent to an activating group) is 1. The Kier molecular flexibility index (Phi) is 3.61. The summed E-state index contributed by atoms with van der Waals surface area (Å²) in [5, 5.41) is 21.6. The van der Waals surface area contributed by atoms with Crippen LogP contribution in [0.4, 0.5) is 17.1 Å². The van der Waals surface area contributed by atoms with Crippen molar-refractivity contribution in [2.75, 3.05) is 38.1 Å². The number of hydrogen-bond acceptors (Lipinski definition) is 6. The van der Waals surface area contributed by atoms with Gasteiger partial charge in [-0.05, 0) is 7.05 Å². The van der Waals surface area contributed by atoms with Crippen LogP contribution in [0.1, 0.15) is 0 Å². The van der Waals surface area contributed by atoms with Crippen molar-refractivity contribution in [3.8, 4) is 0 Å². The van der Waals surface area contributed by atoms with Gasteiger partial charge in [0.1, 0.15) is 0 Å². The molecule has 0 unspecified atom stereocenters. The van der Waals surface area contributed by atoms with Crippen molar-refractivity contribution < 1.29 is 9.85 Å². The molecule has 0 atom stereocenters. The van der Waals surface area contributed by atoms with Gasteiger partial charge >= 0.3 is 0 Å². The smallest absolute Gasteiger partial charge is 0.278 e. The molecule has 0 spiro atoms. The maximum atomic E-state index is 10.8. The Balaban J connectivity index is 2.33. The third kappa shape index (κ3) is 2.97. The van der Waals surface area contributed by atoms with Crippen LogP contribution in [-0.2, 0) is 0 Å². The van der Waals surface area contributed by atoms with Crippen molar-refractivity contribution in [2.45, 2.75) is 0 Å². The van der Waals surface area contributed by atoms with Gasteiger partial charge < -0.3 is 9.80 Å². The fourth-order valence-electron chi connectivity index (χ4n) is 2.04. The molecule has 0 aliphatic carbocycles. The van der Waals surface area contributed by atoms with E-state index in [9.17, 15) is 20.2 Å². The van der Waals surface area contributed by atoms with Gasteiger partial charge in [0.2, 0.25) is 0 Å². The molecule has 102 valence electrons. The van der Waals surface area contributed by atoms with E-state index in [4.69, 9.17) is 0 Å². The molecule has 8 nitrogen and oxygen atoms in total. The van der Waals surface area contributed by atoms with Gasteiger partial charge in [-0.15, -0.1) is 0 Å². The van der Waals surface area contributed by atoms with E-state index >= 15 is 0 Å². The summed E-state index contributed by atoms with van der Waals surface area (Å²) in [5.41, 5.74) is 0.0419. The topological polar surface area (TPSA) is 92.8 Å². The van der Waals surface area contributed by atoms with Gasteiger partial charge in [0.25, 0.3) is 11.4 Å². The van der Waals surface area contributed by atoms with Crippen LogP contribution < -0.4 is 4.90 Å². The van der Waals surface area contributed by atoms with Crippen LogP contribution in [-0.4, -0.2) is 48.0 Å². The zero-order chi connectivity index (χ0) is 14.0. The fourth-order valence-corrected chi connectivity index (χ4v) is 2.04. The molecule has 8 heteroatoms. The summed E-state index contributed by atoms with van der Waals surface area (Å²) in [7, 11) is 1.99. The number of nitrogens with zero attached hydrogens (tertiary/aromatic N) is 4. The average molecular weight is 266 g/mol. The summed E-state index contributed by atoms with van der Waals surface area (Å²) < 4.78 is 0. The lowest BCUT2D eigenvalue weighted by molar-refractivity contribution is -0.394. The van der Waals surface area contributed by atoms with Gasteiger partial charge in [0.15, 0.2) is 0 Å². The third-order valence-corrected chi connectivity index (χ3v) is 3.18. The largest absolute Gasteiger partial charge is 0.369 e. The number of benzene rings is 1. The zero-order valence-electron chi connectivity index (χ0n) is 10.5. The highest BCUT2D eigenvalue weighted by atomic mass is 16.6. The van der Waals surface area contributed by atoms with Gasteiger partial charge in [0.05, 0.1) is 21.6 Å². The molecule has 1 aliphatic rings. The van der Waals surface area contributed by atoms with Gasteiger partial charge in [-0.25, -0.2) is 0 Å². The van der Waals surface area contributed by atoms with Crippen molar-refractivity contribution >= 4 is 17.1 Å². The number of nitro benzene ring substituents is 2. The van der Waals surface area contributed by atoms with E-state index in [1.54, 1.807) is 0 Å². The quantitative estimate of drug-likeness (QED) is 0.604. The molecule has 0 saturated carbocycles. The summed E-state index contributed by atoms with van der Waals surface area (Å²) in [5.74, 6) is 0. The fraction of sp³-hybridized carbons (Fsp3) is 0.455. The Bertz CT molecular complexity index is 479. The van der Waals surface area contributed by atoms with E-state index in [0.29, 0.717) is 18.8 Å². The van der Waals surface area contributed by atoms with E-state index in [0.717, 1.165) is 19.2 Å². The lowest BCUT2D eigenvalue weighted by Gasteiger charge is -2.33. The zero-order valence-corrected chi connectivity index (χ0v) is 10.5. The van der Waals surface area contributed by atoms with Crippen LogP contribution in [0.2, 0.25) is 0 Å². The molecule has 0 radical (unpaired) electrons. The standard InChI is InChI=1S/C11H14N4O4/c1-12-2-4-13(5-3-12)9-6-10(14(16)17)8-11(7-9)15(18)19/h6-8H,2-5H2,1H3. The first-order valence-electron chi connectivity index (χ1n) is 5.85. The van der Waals surface area contributed by atoms with E-state index in [1.807, 2.05) is 11.9 Å². The number of hydrogen-bond donors (Lipinski definition) is 0. The maximum Gasteiger partial charge on any atom is 0.278 e. The van der Waals surface area contributed by atoms with Crippen LogP contribution in [0.3, 0.4) is 0 Å². The number of anilines is 1.